The smallest absolute Gasteiger partial charge is 0.320 e. The molecule has 0 saturated carbocycles. The van der Waals surface area contributed by atoms with Gasteiger partial charge in [-0.05, 0) is 48.4 Å². The Bertz CT molecular complexity index is 1170. The Hall–Kier alpha value is -3.34. The highest BCUT2D eigenvalue weighted by Crippen LogP contribution is 2.30. The van der Waals surface area contributed by atoms with Crippen molar-refractivity contribution in [3.63, 3.8) is 0 Å². The van der Waals surface area contributed by atoms with Gasteiger partial charge < -0.3 is 4.57 Å². The molecule has 0 radical (unpaired) electrons. The van der Waals surface area contributed by atoms with E-state index in [0.717, 1.165) is 22.7 Å². The average Bonchev–Trinajstić information content (AvgIpc) is 3.05. The predicted molar refractivity (Wildman–Crippen MR) is 110 cm³/mol. The van der Waals surface area contributed by atoms with Gasteiger partial charge in [-0.3, -0.25) is 0 Å². The molecule has 0 saturated heterocycles. The third-order valence-corrected chi connectivity index (χ3v) is 4.78. The molecule has 0 spiro atoms. The highest BCUT2D eigenvalue weighted by atomic mass is 19.4. The van der Waals surface area contributed by atoms with Crippen LogP contribution in [0.5, 0.6) is 0 Å². The molecule has 0 amide bonds. The van der Waals surface area contributed by atoms with Crippen LogP contribution in [-0.2, 0) is 12.7 Å². The molecular formula is C24H19F3N2. The summed E-state index contributed by atoms with van der Waals surface area (Å²) in [5, 5.41) is 0. The SMILES string of the molecule is Cc1ccc(/C=C/c2nc3ccccc3n2Cc2cccc(C(F)(F)F)c2)cc1. The van der Waals surface area contributed by atoms with Crippen molar-refractivity contribution < 1.29 is 13.2 Å². The summed E-state index contributed by atoms with van der Waals surface area (Å²) in [6.45, 7) is 2.33. The van der Waals surface area contributed by atoms with E-state index in [1.54, 1.807) is 6.07 Å². The van der Waals surface area contributed by atoms with Gasteiger partial charge in [0.1, 0.15) is 5.82 Å². The molecule has 0 atom stereocenters. The summed E-state index contributed by atoms with van der Waals surface area (Å²) in [6.07, 6.45) is -0.497. The summed E-state index contributed by atoms with van der Waals surface area (Å²) in [5.41, 5.74) is 3.84. The van der Waals surface area contributed by atoms with E-state index in [1.165, 1.54) is 17.7 Å². The van der Waals surface area contributed by atoms with Crippen molar-refractivity contribution in [1.29, 1.82) is 0 Å². The summed E-state index contributed by atoms with van der Waals surface area (Å²) < 4.78 is 41.2. The summed E-state index contributed by atoms with van der Waals surface area (Å²) in [5.74, 6) is 0.698. The van der Waals surface area contributed by atoms with Crippen LogP contribution in [0.4, 0.5) is 13.2 Å². The molecule has 0 unspecified atom stereocenters. The second-order valence-corrected chi connectivity index (χ2v) is 6.99. The zero-order valence-electron chi connectivity index (χ0n) is 15.8. The Morgan fingerprint density at radius 2 is 1.66 bits per heavy atom. The Kier molecular flexibility index (Phi) is 4.97. The zero-order chi connectivity index (χ0) is 20.4. The average molecular weight is 392 g/mol. The first kappa shape index (κ1) is 19.0. The lowest BCUT2D eigenvalue weighted by Crippen LogP contribution is -2.07. The van der Waals surface area contributed by atoms with Crippen molar-refractivity contribution in [1.82, 2.24) is 9.55 Å². The van der Waals surface area contributed by atoms with Crippen molar-refractivity contribution in [2.75, 3.05) is 0 Å². The molecule has 0 aliphatic heterocycles. The van der Waals surface area contributed by atoms with E-state index in [0.29, 0.717) is 17.9 Å². The molecule has 0 N–H and O–H groups in total. The number of aromatic nitrogens is 2. The number of halogens is 3. The Morgan fingerprint density at radius 1 is 0.897 bits per heavy atom. The number of rotatable bonds is 4. The lowest BCUT2D eigenvalue weighted by molar-refractivity contribution is -0.137. The van der Waals surface area contributed by atoms with Gasteiger partial charge in [0.25, 0.3) is 0 Å². The van der Waals surface area contributed by atoms with Crippen LogP contribution in [-0.4, -0.2) is 9.55 Å². The van der Waals surface area contributed by atoms with Crippen LogP contribution in [0.3, 0.4) is 0 Å². The summed E-state index contributed by atoms with van der Waals surface area (Å²) in [6, 6.07) is 21.2. The van der Waals surface area contributed by atoms with E-state index in [2.05, 4.69) is 4.98 Å². The molecule has 1 aromatic heterocycles. The Labute approximate surface area is 166 Å². The quantitative estimate of drug-likeness (QED) is 0.383. The minimum absolute atomic E-state index is 0.304. The van der Waals surface area contributed by atoms with E-state index < -0.39 is 11.7 Å². The molecule has 29 heavy (non-hydrogen) atoms. The fraction of sp³-hybridized carbons (Fsp3) is 0.125. The first-order valence-corrected chi connectivity index (χ1v) is 9.26. The first-order chi connectivity index (χ1) is 13.9. The summed E-state index contributed by atoms with van der Waals surface area (Å²) >= 11 is 0. The topological polar surface area (TPSA) is 17.8 Å². The Morgan fingerprint density at radius 3 is 2.41 bits per heavy atom. The molecule has 4 aromatic rings. The number of benzene rings is 3. The maximum Gasteiger partial charge on any atom is 0.416 e. The molecule has 146 valence electrons. The number of aryl methyl sites for hydroxylation is 1. The second-order valence-electron chi connectivity index (χ2n) is 6.99. The lowest BCUT2D eigenvalue weighted by Gasteiger charge is -2.11. The van der Waals surface area contributed by atoms with E-state index in [9.17, 15) is 13.2 Å². The van der Waals surface area contributed by atoms with Crippen LogP contribution in [0.2, 0.25) is 0 Å². The van der Waals surface area contributed by atoms with E-state index in [-0.39, 0.29) is 0 Å². The molecule has 0 bridgehead atoms. The van der Waals surface area contributed by atoms with Crippen LogP contribution >= 0.6 is 0 Å². The Balaban J connectivity index is 1.73. The molecule has 4 rings (SSSR count). The minimum atomic E-state index is -4.36. The summed E-state index contributed by atoms with van der Waals surface area (Å²) in [7, 11) is 0. The number of hydrogen-bond donors (Lipinski definition) is 0. The lowest BCUT2D eigenvalue weighted by atomic mass is 10.1. The molecule has 5 heteroatoms. The van der Waals surface area contributed by atoms with Gasteiger partial charge in [0, 0.05) is 6.54 Å². The number of imidazole rings is 1. The fourth-order valence-corrected chi connectivity index (χ4v) is 3.26. The maximum absolute atomic E-state index is 13.1. The van der Waals surface area contributed by atoms with Gasteiger partial charge in [-0.15, -0.1) is 0 Å². The van der Waals surface area contributed by atoms with Crippen molar-refractivity contribution in [2.24, 2.45) is 0 Å². The summed E-state index contributed by atoms with van der Waals surface area (Å²) in [4.78, 5) is 4.67. The third kappa shape index (κ3) is 4.24. The van der Waals surface area contributed by atoms with Gasteiger partial charge in [0.2, 0.25) is 0 Å². The van der Waals surface area contributed by atoms with E-state index >= 15 is 0 Å². The van der Waals surface area contributed by atoms with E-state index in [4.69, 9.17) is 0 Å². The molecular weight excluding hydrogens is 373 g/mol. The first-order valence-electron chi connectivity index (χ1n) is 9.26. The van der Waals surface area contributed by atoms with Crippen LogP contribution in [0, 0.1) is 6.92 Å². The van der Waals surface area contributed by atoms with Crippen molar-refractivity contribution in [2.45, 2.75) is 19.6 Å². The fourth-order valence-electron chi connectivity index (χ4n) is 3.26. The van der Waals surface area contributed by atoms with Crippen molar-refractivity contribution in [3.8, 4) is 0 Å². The monoisotopic (exact) mass is 392 g/mol. The number of para-hydroxylation sites is 2. The van der Waals surface area contributed by atoms with E-state index in [1.807, 2.05) is 72.2 Å². The van der Waals surface area contributed by atoms with Crippen LogP contribution in [0.15, 0.2) is 72.8 Å². The van der Waals surface area contributed by atoms with Crippen molar-refractivity contribution in [3.05, 3.63) is 101 Å². The standard InChI is InChI=1S/C24H19F3N2/c1-17-9-11-18(12-10-17)13-14-23-28-21-7-2-3-8-22(21)29(23)16-19-5-4-6-20(15-19)24(25,26)27/h2-15H,16H2,1H3/b14-13+. The number of hydrogen-bond acceptors (Lipinski definition) is 1. The van der Waals surface area contributed by atoms with Gasteiger partial charge in [0.15, 0.2) is 0 Å². The van der Waals surface area contributed by atoms with Crippen molar-refractivity contribution >= 4 is 23.2 Å². The van der Waals surface area contributed by atoms with Gasteiger partial charge in [0.05, 0.1) is 16.6 Å². The molecule has 1 heterocycles. The number of fused-ring (bicyclic) bond motifs is 1. The molecule has 0 aliphatic carbocycles. The van der Waals surface area contributed by atoms with Crippen LogP contribution < -0.4 is 0 Å². The predicted octanol–water partition coefficient (Wildman–Crippen LogP) is 6.58. The molecule has 2 nitrogen and oxygen atoms in total. The number of alkyl halides is 3. The van der Waals surface area contributed by atoms with Gasteiger partial charge in [-0.2, -0.15) is 13.2 Å². The highest BCUT2D eigenvalue weighted by Gasteiger charge is 2.30. The largest absolute Gasteiger partial charge is 0.416 e. The van der Waals surface area contributed by atoms with Gasteiger partial charge in [-0.1, -0.05) is 60.2 Å². The van der Waals surface area contributed by atoms with Crippen LogP contribution in [0.25, 0.3) is 23.2 Å². The van der Waals surface area contributed by atoms with Crippen LogP contribution in [0.1, 0.15) is 28.1 Å². The maximum atomic E-state index is 13.1. The zero-order valence-corrected chi connectivity index (χ0v) is 15.8. The minimum Gasteiger partial charge on any atom is -0.320 e. The normalized spacial score (nSPS) is 12.1. The molecule has 3 aromatic carbocycles. The molecule has 0 fully saturated rings. The molecule has 0 aliphatic rings. The van der Waals surface area contributed by atoms with Gasteiger partial charge >= 0.3 is 6.18 Å². The van der Waals surface area contributed by atoms with Gasteiger partial charge in [-0.25, -0.2) is 4.98 Å². The number of nitrogens with zero attached hydrogens (tertiary/aromatic N) is 2. The second kappa shape index (κ2) is 7.59. The highest BCUT2D eigenvalue weighted by molar-refractivity contribution is 5.80. The third-order valence-electron chi connectivity index (χ3n) is 4.78.